The Labute approximate surface area is 69.4 Å². The minimum atomic E-state index is 0.966. The van der Waals surface area contributed by atoms with Crippen molar-refractivity contribution in [1.82, 2.24) is 0 Å². The largest absolute Gasteiger partial charge is 0.0651 e. The van der Waals surface area contributed by atoms with Crippen LogP contribution in [0, 0.1) is 35.0 Å². The highest BCUT2D eigenvalue weighted by Crippen LogP contribution is 2.95. The van der Waals surface area contributed by atoms with Crippen LogP contribution in [0.5, 0.6) is 0 Å². The average molecular weight is 150 g/mol. The van der Waals surface area contributed by atoms with Crippen molar-refractivity contribution in [3.05, 3.63) is 0 Å². The fraction of sp³-hybridized carbons (Fsp3) is 1.00. The van der Waals surface area contributed by atoms with Gasteiger partial charge in [0.05, 0.1) is 0 Å². The van der Waals surface area contributed by atoms with Crippen molar-refractivity contribution in [2.75, 3.05) is 0 Å². The molecular weight excluding hydrogens is 132 g/mol. The quantitative estimate of drug-likeness (QED) is 0.567. The first kappa shape index (κ1) is 6.51. The van der Waals surface area contributed by atoms with Gasteiger partial charge >= 0.3 is 0 Å². The molecule has 3 aliphatic carbocycles. The van der Waals surface area contributed by atoms with E-state index in [9.17, 15) is 0 Å². The minimum Gasteiger partial charge on any atom is -0.0651 e. The van der Waals surface area contributed by atoms with E-state index in [0.29, 0.717) is 0 Å². The summed E-state index contributed by atoms with van der Waals surface area (Å²) in [6.45, 7) is 7.23. The Morgan fingerprint density at radius 1 is 1.45 bits per heavy atom. The van der Waals surface area contributed by atoms with Gasteiger partial charge < -0.3 is 0 Å². The van der Waals surface area contributed by atoms with Gasteiger partial charge in [0.15, 0.2) is 0 Å². The van der Waals surface area contributed by atoms with Gasteiger partial charge in [-0.25, -0.2) is 0 Å². The lowest BCUT2D eigenvalue weighted by Crippen LogP contribution is -2.10. The molecule has 3 aliphatic rings. The number of hydrogen-bond donors (Lipinski definition) is 0. The van der Waals surface area contributed by atoms with E-state index in [0.717, 1.165) is 17.3 Å². The minimum absolute atomic E-state index is 0.966. The summed E-state index contributed by atoms with van der Waals surface area (Å²) in [6, 6.07) is 0. The maximum absolute atomic E-state index is 2.44. The van der Waals surface area contributed by atoms with E-state index in [4.69, 9.17) is 0 Å². The van der Waals surface area contributed by atoms with Crippen LogP contribution < -0.4 is 0 Å². The molecule has 0 N–H and O–H groups in total. The van der Waals surface area contributed by atoms with Crippen molar-refractivity contribution in [2.24, 2.45) is 35.0 Å². The Kier molecular flexibility index (Phi) is 0.906. The molecule has 0 amide bonds. The van der Waals surface area contributed by atoms with Crippen LogP contribution in [0.1, 0.15) is 33.6 Å². The van der Waals surface area contributed by atoms with Crippen molar-refractivity contribution in [1.29, 1.82) is 0 Å². The molecule has 0 aromatic carbocycles. The maximum Gasteiger partial charge on any atom is -0.0201 e. The first-order chi connectivity index (χ1) is 5.23. The Morgan fingerprint density at radius 2 is 2.00 bits per heavy atom. The first-order valence-corrected chi connectivity index (χ1v) is 5.23. The maximum atomic E-state index is 2.44. The van der Waals surface area contributed by atoms with Crippen LogP contribution in [0.2, 0.25) is 0 Å². The summed E-state index contributed by atoms with van der Waals surface area (Å²) in [5.74, 6) is 5.74. The topological polar surface area (TPSA) is 0 Å². The standard InChI is InChI=1S/C11H18/c1-4-6(2)8-9-10(8)11(9)5-7(11)3/h6-10H,4-5H2,1-3H3. The van der Waals surface area contributed by atoms with Crippen LogP contribution in [0.4, 0.5) is 0 Å². The van der Waals surface area contributed by atoms with E-state index in [1.165, 1.54) is 24.2 Å². The van der Waals surface area contributed by atoms with E-state index >= 15 is 0 Å². The van der Waals surface area contributed by atoms with Crippen molar-refractivity contribution in [3.63, 3.8) is 0 Å². The molecule has 0 heteroatoms. The van der Waals surface area contributed by atoms with Crippen LogP contribution in [0.25, 0.3) is 0 Å². The number of fused-ring (bicyclic) bond motifs is 3. The molecule has 0 aliphatic heterocycles. The summed E-state index contributed by atoms with van der Waals surface area (Å²) in [5, 5.41) is 0. The Balaban J connectivity index is 1.62. The van der Waals surface area contributed by atoms with Crippen LogP contribution in [0.15, 0.2) is 0 Å². The highest BCUT2D eigenvalue weighted by Gasteiger charge is 2.90. The van der Waals surface area contributed by atoms with E-state index in [2.05, 4.69) is 20.8 Å². The average Bonchev–Trinajstić information content (AvgIpc) is 2.76. The molecule has 0 heterocycles. The third-order valence-electron chi connectivity index (χ3n) is 4.93. The normalized spacial score (nSPS) is 65.7. The van der Waals surface area contributed by atoms with Gasteiger partial charge in [-0.2, -0.15) is 0 Å². The molecule has 0 aromatic rings. The van der Waals surface area contributed by atoms with Gasteiger partial charge in [-0.1, -0.05) is 27.2 Å². The molecule has 3 saturated carbocycles. The summed E-state index contributed by atoms with van der Waals surface area (Å²) in [5.41, 5.74) is 0.966. The molecule has 3 fully saturated rings. The van der Waals surface area contributed by atoms with E-state index < -0.39 is 0 Å². The molecule has 4 unspecified atom stereocenters. The lowest BCUT2D eigenvalue weighted by Gasteiger charge is -2.16. The summed E-state index contributed by atoms with van der Waals surface area (Å²) < 4.78 is 0. The van der Waals surface area contributed by atoms with Crippen LogP contribution in [-0.2, 0) is 0 Å². The van der Waals surface area contributed by atoms with Crippen molar-refractivity contribution in [2.45, 2.75) is 33.6 Å². The second-order valence-corrected chi connectivity index (χ2v) is 5.23. The Morgan fingerprint density at radius 3 is 2.36 bits per heavy atom. The van der Waals surface area contributed by atoms with Crippen LogP contribution in [0.3, 0.4) is 0 Å². The van der Waals surface area contributed by atoms with Gasteiger partial charge in [0, 0.05) is 0 Å². The molecule has 11 heavy (non-hydrogen) atoms. The van der Waals surface area contributed by atoms with E-state index in [-0.39, 0.29) is 0 Å². The second-order valence-electron chi connectivity index (χ2n) is 5.23. The number of hydrogen-bond acceptors (Lipinski definition) is 0. The second kappa shape index (κ2) is 1.53. The molecule has 0 nitrogen and oxygen atoms in total. The molecule has 0 saturated heterocycles. The van der Waals surface area contributed by atoms with Gasteiger partial charge in [-0.05, 0) is 41.4 Å². The lowest BCUT2D eigenvalue weighted by molar-refractivity contribution is 0.322. The molecule has 0 aromatic heterocycles. The monoisotopic (exact) mass is 150 g/mol. The van der Waals surface area contributed by atoms with Gasteiger partial charge in [-0.3, -0.25) is 0 Å². The Hall–Kier alpha value is 0. The van der Waals surface area contributed by atoms with Gasteiger partial charge in [-0.15, -0.1) is 0 Å². The lowest BCUT2D eigenvalue weighted by atomic mass is 9.89. The molecule has 4 atom stereocenters. The zero-order valence-electron chi connectivity index (χ0n) is 7.80. The highest BCUT2D eigenvalue weighted by atomic mass is 14.9. The third kappa shape index (κ3) is 0.522. The molecule has 62 valence electrons. The van der Waals surface area contributed by atoms with Crippen LogP contribution >= 0.6 is 0 Å². The predicted octanol–water partition coefficient (Wildman–Crippen LogP) is 2.93. The third-order valence-corrected chi connectivity index (χ3v) is 4.93. The molecule has 1 spiro atoms. The van der Waals surface area contributed by atoms with Crippen molar-refractivity contribution < 1.29 is 0 Å². The van der Waals surface area contributed by atoms with Crippen molar-refractivity contribution >= 4 is 0 Å². The summed E-state index contributed by atoms with van der Waals surface area (Å²) in [7, 11) is 0. The van der Waals surface area contributed by atoms with Gasteiger partial charge in [0.25, 0.3) is 0 Å². The summed E-state index contributed by atoms with van der Waals surface area (Å²) in [6.07, 6.45) is 2.98. The highest BCUT2D eigenvalue weighted by molar-refractivity contribution is 5.37. The molecule has 0 bridgehead atoms. The summed E-state index contributed by atoms with van der Waals surface area (Å²) >= 11 is 0. The van der Waals surface area contributed by atoms with Crippen LogP contribution in [-0.4, -0.2) is 0 Å². The molecular formula is C11H18. The fourth-order valence-corrected chi connectivity index (χ4v) is 3.83. The first-order valence-electron chi connectivity index (χ1n) is 5.23. The van der Waals surface area contributed by atoms with E-state index in [1.54, 1.807) is 6.42 Å². The Bertz CT molecular complexity index is 189. The molecule has 3 rings (SSSR count). The summed E-state index contributed by atoms with van der Waals surface area (Å²) in [4.78, 5) is 0. The van der Waals surface area contributed by atoms with Gasteiger partial charge in [0.1, 0.15) is 0 Å². The zero-order chi connectivity index (χ0) is 7.80. The number of rotatable bonds is 2. The molecule has 0 radical (unpaired) electrons. The van der Waals surface area contributed by atoms with E-state index in [1.807, 2.05) is 0 Å². The van der Waals surface area contributed by atoms with Crippen molar-refractivity contribution in [3.8, 4) is 0 Å². The smallest absolute Gasteiger partial charge is 0.0201 e. The zero-order valence-corrected chi connectivity index (χ0v) is 7.80. The fourth-order valence-electron chi connectivity index (χ4n) is 3.83. The van der Waals surface area contributed by atoms with Gasteiger partial charge in [0.2, 0.25) is 0 Å². The predicted molar refractivity (Wildman–Crippen MR) is 46.1 cm³/mol. The SMILES string of the molecule is CCC(C)C1C2C1C21CC1C.